The summed E-state index contributed by atoms with van der Waals surface area (Å²) in [6.45, 7) is 0. The van der Waals surface area contributed by atoms with E-state index in [-0.39, 0.29) is 11.1 Å². The molecule has 10 heteroatoms. The van der Waals surface area contributed by atoms with Gasteiger partial charge in [-0.1, -0.05) is 30.3 Å². The van der Waals surface area contributed by atoms with Crippen LogP contribution in [0.3, 0.4) is 0 Å². The molecule has 0 bridgehead atoms. The molecule has 0 aliphatic heterocycles. The van der Waals surface area contributed by atoms with Gasteiger partial charge in [0, 0.05) is 5.39 Å². The van der Waals surface area contributed by atoms with Crippen molar-refractivity contribution in [1.29, 1.82) is 0 Å². The zero-order valence-corrected chi connectivity index (χ0v) is 14.6. The molecular weight excluding hydrogens is 380 g/mol. The smallest absolute Gasteiger partial charge is 0.282 e. The van der Waals surface area contributed by atoms with Crippen molar-refractivity contribution in [2.24, 2.45) is 10.2 Å². The summed E-state index contributed by atoms with van der Waals surface area (Å²) >= 11 is 0. The second kappa shape index (κ2) is 6.57. The molecule has 0 fully saturated rings. The largest absolute Gasteiger partial charge is 0.296 e. The topological polar surface area (TPSA) is 133 Å². The van der Waals surface area contributed by atoms with Crippen LogP contribution in [0.2, 0.25) is 0 Å². The molecule has 0 saturated heterocycles. The third kappa shape index (κ3) is 3.78. The second-order valence-corrected chi connectivity index (χ2v) is 8.09. The van der Waals surface area contributed by atoms with Gasteiger partial charge in [-0.3, -0.25) is 9.11 Å². The van der Waals surface area contributed by atoms with Crippen molar-refractivity contribution in [3.8, 4) is 0 Å². The van der Waals surface area contributed by atoms with Gasteiger partial charge in [0.05, 0.1) is 10.6 Å². The van der Waals surface area contributed by atoms with Gasteiger partial charge in [0.25, 0.3) is 20.2 Å². The Morgan fingerprint density at radius 3 is 2.00 bits per heavy atom. The van der Waals surface area contributed by atoms with Crippen LogP contribution >= 0.6 is 0 Å². The second-order valence-electron chi connectivity index (χ2n) is 5.28. The maximum atomic E-state index is 11.7. The van der Waals surface area contributed by atoms with E-state index >= 15 is 0 Å². The fourth-order valence-corrected chi connectivity index (χ4v) is 3.48. The van der Waals surface area contributed by atoms with Crippen LogP contribution in [0, 0.1) is 0 Å². The summed E-state index contributed by atoms with van der Waals surface area (Å²) in [7, 11) is -9.15. The molecule has 0 radical (unpaired) electrons. The van der Waals surface area contributed by atoms with E-state index in [0.717, 1.165) is 12.1 Å². The van der Waals surface area contributed by atoms with Gasteiger partial charge >= 0.3 is 0 Å². The Bertz CT molecular complexity index is 1220. The Balaban J connectivity index is 2.32. The summed E-state index contributed by atoms with van der Waals surface area (Å²) in [5.74, 6) is 0. The van der Waals surface area contributed by atoms with E-state index in [1.807, 2.05) is 0 Å². The highest BCUT2D eigenvalue weighted by Gasteiger charge is 2.20. The summed E-state index contributed by atoms with van der Waals surface area (Å²) < 4.78 is 64.8. The Morgan fingerprint density at radius 1 is 0.731 bits per heavy atom. The maximum absolute atomic E-state index is 11.7. The molecule has 0 aromatic heterocycles. The monoisotopic (exact) mass is 392 g/mol. The molecule has 134 valence electrons. The summed E-state index contributed by atoms with van der Waals surface area (Å²) in [6, 6.07) is 14.6. The van der Waals surface area contributed by atoms with Gasteiger partial charge in [-0.05, 0) is 35.7 Å². The lowest BCUT2D eigenvalue weighted by atomic mass is 10.1. The molecule has 0 amide bonds. The molecule has 26 heavy (non-hydrogen) atoms. The quantitative estimate of drug-likeness (QED) is 0.513. The number of fused-ring (bicyclic) bond motifs is 1. The SMILES string of the molecule is O=S(=O)(O)c1ccc2ccc(S(=O)(=O)O)c(/N=N/c3ccccc3)c2c1. The molecule has 0 aliphatic carbocycles. The number of hydrogen-bond acceptors (Lipinski definition) is 6. The first kappa shape index (κ1) is 18.1. The number of rotatable bonds is 4. The van der Waals surface area contributed by atoms with Crippen molar-refractivity contribution in [1.82, 2.24) is 0 Å². The van der Waals surface area contributed by atoms with Gasteiger partial charge in [0.2, 0.25) is 0 Å². The van der Waals surface area contributed by atoms with Crippen molar-refractivity contribution >= 4 is 42.4 Å². The molecule has 2 N–H and O–H groups in total. The highest BCUT2D eigenvalue weighted by atomic mass is 32.2. The Kier molecular flexibility index (Phi) is 4.59. The van der Waals surface area contributed by atoms with Gasteiger partial charge in [0.1, 0.15) is 10.6 Å². The minimum Gasteiger partial charge on any atom is -0.282 e. The Labute approximate surface area is 149 Å². The molecule has 3 rings (SSSR count). The van der Waals surface area contributed by atoms with E-state index in [2.05, 4.69) is 10.2 Å². The lowest BCUT2D eigenvalue weighted by Crippen LogP contribution is -2.00. The number of benzene rings is 3. The first-order valence-corrected chi connectivity index (χ1v) is 10.0. The normalized spacial score (nSPS) is 12.7. The van der Waals surface area contributed by atoms with Crippen LogP contribution in [0.1, 0.15) is 0 Å². The molecule has 0 heterocycles. The first-order chi connectivity index (χ1) is 12.2. The van der Waals surface area contributed by atoms with Gasteiger partial charge < -0.3 is 0 Å². The zero-order chi connectivity index (χ0) is 18.9. The minimum atomic E-state index is -4.64. The Hall–Kier alpha value is -2.66. The highest BCUT2D eigenvalue weighted by molar-refractivity contribution is 7.86. The van der Waals surface area contributed by atoms with Gasteiger partial charge in [-0.15, -0.1) is 5.11 Å². The van der Waals surface area contributed by atoms with Gasteiger partial charge in [-0.2, -0.15) is 21.9 Å². The molecule has 0 aliphatic rings. The van der Waals surface area contributed by atoms with Crippen molar-refractivity contribution in [2.75, 3.05) is 0 Å². The van der Waals surface area contributed by atoms with Crippen LogP contribution in [0.5, 0.6) is 0 Å². The third-order valence-electron chi connectivity index (χ3n) is 3.52. The van der Waals surface area contributed by atoms with Crippen LogP contribution < -0.4 is 0 Å². The zero-order valence-electron chi connectivity index (χ0n) is 13.0. The van der Waals surface area contributed by atoms with Crippen LogP contribution in [-0.4, -0.2) is 25.9 Å². The average molecular weight is 392 g/mol. The first-order valence-electron chi connectivity index (χ1n) is 7.15. The predicted molar refractivity (Wildman–Crippen MR) is 94.2 cm³/mol. The van der Waals surface area contributed by atoms with E-state index in [0.29, 0.717) is 11.1 Å². The molecule has 0 saturated carbocycles. The average Bonchev–Trinajstić information content (AvgIpc) is 2.58. The molecular formula is C16H12N2O6S2. The van der Waals surface area contributed by atoms with Crippen LogP contribution in [-0.2, 0) is 20.2 Å². The van der Waals surface area contributed by atoms with E-state index in [1.54, 1.807) is 30.3 Å². The lowest BCUT2D eigenvalue weighted by molar-refractivity contribution is 0.481. The summed E-state index contributed by atoms with van der Waals surface area (Å²) in [5.41, 5.74) is 0.191. The van der Waals surface area contributed by atoms with Gasteiger partial charge in [-0.25, -0.2) is 0 Å². The number of hydrogen-bond donors (Lipinski definition) is 2. The molecule has 0 spiro atoms. The molecule has 8 nitrogen and oxygen atoms in total. The van der Waals surface area contributed by atoms with E-state index < -0.39 is 30.0 Å². The minimum absolute atomic E-state index is 0.0925. The fraction of sp³-hybridized carbons (Fsp3) is 0. The maximum Gasteiger partial charge on any atom is 0.296 e. The molecule has 3 aromatic carbocycles. The summed E-state index contributed by atoms with van der Waals surface area (Å²) in [6.07, 6.45) is 0. The van der Waals surface area contributed by atoms with Crippen LogP contribution in [0.4, 0.5) is 11.4 Å². The Morgan fingerprint density at radius 2 is 1.38 bits per heavy atom. The van der Waals surface area contributed by atoms with Crippen molar-refractivity contribution in [3.63, 3.8) is 0 Å². The van der Waals surface area contributed by atoms with E-state index in [9.17, 15) is 25.9 Å². The number of azo groups is 1. The molecule has 0 unspecified atom stereocenters. The van der Waals surface area contributed by atoms with E-state index in [1.165, 1.54) is 18.2 Å². The molecule has 3 aromatic rings. The summed E-state index contributed by atoms with van der Waals surface area (Å²) in [4.78, 5) is -0.967. The van der Waals surface area contributed by atoms with Crippen LogP contribution in [0.15, 0.2) is 80.7 Å². The van der Waals surface area contributed by atoms with Crippen LogP contribution in [0.25, 0.3) is 10.8 Å². The lowest BCUT2D eigenvalue weighted by Gasteiger charge is -2.08. The fourth-order valence-electron chi connectivity index (χ4n) is 2.34. The summed E-state index contributed by atoms with van der Waals surface area (Å²) in [5, 5.41) is 8.38. The van der Waals surface area contributed by atoms with E-state index in [4.69, 9.17) is 0 Å². The van der Waals surface area contributed by atoms with Crippen molar-refractivity contribution in [2.45, 2.75) is 9.79 Å². The molecule has 0 atom stereocenters. The van der Waals surface area contributed by atoms with Crippen molar-refractivity contribution < 1.29 is 25.9 Å². The standard InChI is InChI=1S/C16H12N2O6S2/c19-25(20,21)13-8-6-11-7-9-15(26(22,23)24)16(14(11)10-13)18-17-12-4-2-1-3-5-12/h1-10H,(H,19,20,21)(H,22,23,24)/b18-17+. The predicted octanol–water partition coefficient (Wildman–Crippen LogP) is 3.75. The third-order valence-corrected chi connectivity index (χ3v) is 5.26. The highest BCUT2D eigenvalue weighted by Crippen LogP contribution is 2.35. The number of nitrogens with zero attached hydrogens (tertiary/aromatic N) is 2. The van der Waals surface area contributed by atoms with Crippen molar-refractivity contribution in [3.05, 3.63) is 60.7 Å². The van der Waals surface area contributed by atoms with Gasteiger partial charge in [0.15, 0.2) is 0 Å².